The average Bonchev–Trinajstić information content (AvgIpc) is 3.20. The topological polar surface area (TPSA) is 65.8 Å². The van der Waals surface area contributed by atoms with Crippen LogP contribution in [0, 0.1) is 23.2 Å². The van der Waals surface area contributed by atoms with Crippen LogP contribution in [0.4, 0.5) is 4.39 Å². The van der Waals surface area contributed by atoms with Gasteiger partial charge >= 0.3 is 0 Å². The van der Waals surface area contributed by atoms with Crippen LogP contribution >= 0.6 is 13.5 Å². The van der Waals surface area contributed by atoms with Crippen LogP contribution in [-0.2, 0) is 4.79 Å². The molecule has 3 rings (SSSR count). The molecule has 4 nitrogen and oxygen atoms in total. The number of carbonyl (C=O) groups excluding carboxylic acids is 1. The van der Waals surface area contributed by atoms with Crippen LogP contribution in [0.3, 0.4) is 0 Å². The predicted octanol–water partition coefficient (Wildman–Crippen LogP) is 4.29. The molecule has 0 unspecified atom stereocenters. The van der Waals surface area contributed by atoms with Gasteiger partial charge in [0.1, 0.15) is 11.6 Å². The van der Waals surface area contributed by atoms with Crippen molar-refractivity contribution in [2.24, 2.45) is 5.92 Å². The van der Waals surface area contributed by atoms with E-state index in [-0.39, 0.29) is 30.7 Å². The summed E-state index contributed by atoms with van der Waals surface area (Å²) >= 11 is 0. The summed E-state index contributed by atoms with van der Waals surface area (Å²) in [6.07, 6.45) is 6.95. The molecule has 1 heterocycles. The predicted molar refractivity (Wildman–Crippen MR) is 107 cm³/mol. The first-order valence-corrected chi connectivity index (χ1v) is 8.77. The number of nitrogens with one attached hydrogen (secondary N) is 1. The Bertz CT molecular complexity index is 842. The molecule has 140 valence electrons. The van der Waals surface area contributed by atoms with Gasteiger partial charge in [0.25, 0.3) is 5.91 Å². The van der Waals surface area contributed by atoms with Gasteiger partial charge in [0.15, 0.2) is 0 Å². The van der Waals surface area contributed by atoms with Gasteiger partial charge in [-0.1, -0.05) is 43.2 Å². The Balaban J connectivity index is 0.00000261. The van der Waals surface area contributed by atoms with Crippen LogP contribution in [0.1, 0.15) is 42.9 Å². The first kappa shape index (κ1) is 20.7. The number of hydrogen-bond acceptors (Lipinski definition) is 3. The van der Waals surface area contributed by atoms with Crippen LogP contribution in [-0.4, -0.2) is 10.9 Å². The van der Waals surface area contributed by atoms with E-state index in [2.05, 4.69) is 10.3 Å². The number of halogens is 1. The summed E-state index contributed by atoms with van der Waals surface area (Å²) in [5.74, 6) is -0.851. The number of rotatable bonds is 5. The number of carbonyl (C=O) groups is 1. The molecule has 1 aliphatic rings. The molecule has 0 saturated heterocycles. The van der Waals surface area contributed by atoms with Crippen molar-refractivity contribution in [3.8, 4) is 6.07 Å². The van der Waals surface area contributed by atoms with E-state index in [1.165, 1.54) is 18.3 Å². The van der Waals surface area contributed by atoms with Crippen molar-refractivity contribution in [2.75, 3.05) is 0 Å². The van der Waals surface area contributed by atoms with Gasteiger partial charge in [0.2, 0.25) is 5.95 Å². The number of nitriles is 1. The first-order valence-electron chi connectivity index (χ1n) is 8.77. The molecule has 6 heteroatoms. The average molecular weight is 383 g/mol. The molecule has 1 aromatic carbocycles. The van der Waals surface area contributed by atoms with Crippen molar-refractivity contribution in [1.82, 2.24) is 10.3 Å². The molecule has 1 aliphatic carbocycles. The summed E-state index contributed by atoms with van der Waals surface area (Å²) in [4.78, 5) is 16.2. The second-order valence-corrected chi connectivity index (χ2v) is 6.46. The highest BCUT2D eigenvalue weighted by molar-refractivity contribution is 7.59. The summed E-state index contributed by atoms with van der Waals surface area (Å²) in [7, 11) is 0. The molecule has 1 amide bonds. The maximum Gasteiger partial charge on any atom is 0.262 e. The van der Waals surface area contributed by atoms with Gasteiger partial charge < -0.3 is 5.32 Å². The number of benzene rings is 1. The fourth-order valence-electron chi connectivity index (χ4n) is 3.45. The Morgan fingerprint density at radius 3 is 2.56 bits per heavy atom. The van der Waals surface area contributed by atoms with E-state index in [0.717, 1.165) is 31.2 Å². The van der Waals surface area contributed by atoms with E-state index >= 15 is 0 Å². The van der Waals surface area contributed by atoms with Crippen molar-refractivity contribution in [1.29, 1.82) is 5.26 Å². The molecular formula is C21H22FN3OS. The number of pyridine rings is 1. The van der Waals surface area contributed by atoms with E-state index in [1.807, 2.05) is 36.4 Å². The summed E-state index contributed by atoms with van der Waals surface area (Å²) in [6, 6.07) is 14.6. The molecule has 0 spiro atoms. The minimum absolute atomic E-state index is 0. The Morgan fingerprint density at radius 1 is 1.22 bits per heavy atom. The number of hydrogen-bond donors (Lipinski definition) is 1. The van der Waals surface area contributed by atoms with Gasteiger partial charge in [-0.25, -0.2) is 4.98 Å². The van der Waals surface area contributed by atoms with E-state index in [4.69, 9.17) is 0 Å². The molecule has 0 bridgehead atoms. The van der Waals surface area contributed by atoms with Crippen LogP contribution in [0.5, 0.6) is 0 Å². The van der Waals surface area contributed by atoms with E-state index in [9.17, 15) is 14.4 Å². The summed E-state index contributed by atoms with van der Waals surface area (Å²) in [5, 5.41) is 12.4. The third kappa shape index (κ3) is 5.18. The minimum atomic E-state index is -0.705. The maximum atomic E-state index is 13.7. The molecule has 1 aromatic heterocycles. The second-order valence-electron chi connectivity index (χ2n) is 6.46. The Labute approximate surface area is 165 Å². The highest BCUT2D eigenvalue weighted by Gasteiger charge is 2.28. The van der Waals surface area contributed by atoms with Gasteiger partial charge in [-0.15, -0.1) is 0 Å². The van der Waals surface area contributed by atoms with Crippen LogP contribution in [0.15, 0.2) is 54.2 Å². The number of aromatic nitrogens is 1. The second kappa shape index (κ2) is 9.89. The smallest absolute Gasteiger partial charge is 0.262 e. The van der Waals surface area contributed by atoms with Crippen LogP contribution < -0.4 is 5.32 Å². The first-order chi connectivity index (χ1) is 12.7. The van der Waals surface area contributed by atoms with Crippen molar-refractivity contribution >= 4 is 25.5 Å². The van der Waals surface area contributed by atoms with Gasteiger partial charge in [-0.3, -0.25) is 4.79 Å². The molecule has 27 heavy (non-hydrogen) atoms. The minimum Gasteiger partial charge on any atom is -0.344 e. The van der Waals surface area contributed by atoms with Gasteiger partial charge in [0.05, 0.1) is 6.04 Å². The van der Waals surface area contributed by atoms with E-state index in [1.54, 1.807) is 6.07 Å². The normalized spacial score (nSPS) is 15.5. The van der Waals surface area contributed by atoms with Crippen molar-refractivity contribution in [3.63, 3.8) is 0 Å². The lowest BCUT2D eigenvalue weighted by atomic mass is 9.91. The zero-order valence-electron chi connectivity index (χ0n) is 14.9. The Hall–Kier alpha value is -2.65. The lowest BCUT2D eigenvalue weighted by molar-refractivity contribution is -0.118. The monoisotopic (exact) mass is 383 g/mol. The highest BCUT2D eigenvalue weighted by atomic mass is 32.1. The molecule has 0 radical (unpaired) electrons. The van der Waals surface area contributed by atoms with E-state index in [0.29, 0.717) is 5.92 Å². The lowest BCUT2D eigenvalue weighted by Crippen LogP contribution is -2.33. The third-order valence-corrected chi connectivity index (χ3v) is 4.77. The Morgan fingerprint density at radius 2 is 1.93 bits per heavy atom. The third-order valence-electron chi connectivity index (χ3n) is 4.77. The number of nitrogens with zero attached hydrogens (tertiary/aromatic N) is 2. The van der Waals surface area contributed by atoms with E-state index < -0.39 is 11.9 Å². The molecule has 1 N–H and O–H groups in total. The summed E-state index contributed by atoms with van der Waals surface area (Å²) < 4.78 is 13.7. The van der Waals surface area contributed by atoms with Gasteiger partial charge in [-0.2, -0.15) is 23.1 Å². The number of amides is 1. The van der Waals surface area contributed by atoms with Crippen LogP contribution in [0.2, 0.25) is 0 Å². The Kier molecular flexibility index (Phi) is 7.56. The molecule has 2 aromatic rings. The van der Waals surface area contributed by atoms with Crippen LogP contribution in [0.25, 0.3) is 6.08 Å². The summed E-state index contributed by atoms with van der Waals surface area (Å²) in [6.45, 7) is 0. The molecule has 1 saturated carbocycles. The van der Waals surface area contributed by atoms with Crippen molar-refractivity contribution < 1.29 is 9.18 Å². The van der Waals surface area contributed by atoms with Gasteiger partial charge in [-0.05, 0) is 42.5 Å². The fraction of sp³-hybridized carbons (Fsp3) is 0.286. The lowest BCUT2D eigenvalue weighted by Gasteiger charge is -2.25. The van der Waals surface area contributed by atoms with Gasteiger partial charge in [0, 0.05) is 11.8 Å². The highest BCUT2D eigenvalue weighted by Crippen LogP contribution is 2.35. The molecule has 1 atom stereocenters. The zero-order valence-corrected chi connectivity index (χ0v) is 15.9. The summed E-state index contributed by atoms with van der Waals surface area (Å²) in [5.41, 5.74) is 1.02. The molecular weight excluding hydrogens is 361 g/mol. The largest absolute Gasteiger partial charge is 0.344 e. The molecule has 1 fully saturated rings. The fourth-order valence-corrected chi connectivity index (χ4v) is 3.45. The van der Waals surface area contributed by atoms with Crippen molar-refractivity contribution in [2.45, 2.75) is 31.7 Å². The SMILES string of the molecule is N#C/C(=C\c1cccnc1F)C(=O)N[C@H](c1ccccc1)C1CCCC1.S. The molecule has 0 aliphatic heterocycles. The quantitative estimate of drug-likeness (QED) is 0.476. The van der Waals surface area contributed by atoms with Crippen molar-refractivity contribution in [3.05, 3.63) is 71.3 Å². The zero-order chi connectivity index (χ0) is 18.4. The maximum absolute atomic E-state index is 13.7. The standard InChI is InChI=1S/C21H20FN3O.H2S/c22-20-17(11-6-12-24-20)13-18(14-23)21(26)25-19(16-9-4-5-10-16)15-7-2-1-3-8-15;/h1-3,6-8,11-13,16,19H,4-5,9-10H2,(H,25,26);1H2/b18-13+;/t19-;/m1./s1.